The number of aliphatic imine (C=N–C) groups is 1. The van der Waals surface area contributed by atoms with Gasteiger partial charge in [0.2, 0.25) is 5.91 Å². The molecule has 0 spiro atoms. The first kappa shape index (κ1) is 49.4. The van der Waals surface area contributed by atoms with E-state index in [1.807, 2.05) is 114 Å². The Hall–Kier alpha value is -6.01. The number of nitrogens with one attached hydrogen (secondary N) is 1. The molecule has 2 aliphatic heterocycles. The van der Waals surface area contributed by atoms with Gasteiger partial charge in [0.25, 0.3) is 5.95 Å². The molecule has 0 radical (unpaired) electrons. The lowest BCUT2D eigenvalue weighted by molar-refractivity contribution is -0.119. The van der Waals surface area contributed by atoms with Crippen molar-refractivity contribution < 1.29 is 14.3 Å². The monoisotopic (exact) mass is 980 g/mol. The molecule has 3 N–H and O–H groups in total. The third-order valence-corrected chi connectivity index (χ3v) is 13.3. The number of carbonyl (C=O) groups is 1. The number of halogens is 2. The topological polar surface area (TPSA) is 148 Å². The van der Waals surface area contributed by atoms with Gasteiger partial charge in [0.1, 0.15) is 38.7 Å². The lowest BCUT2D eigenvalue weighted by Crippen LogP contribution is -2.26. The predicted octanol–water partition coefficient (Wildman–Crippen LogP) is 11.3. The zero-order valence-electron chi connectivity index (χ0n) is 36.7. The molecule has 0 saturated carbocycles. The second kappa shape index (κ2) is 22.5. The van der Waals surface area contributed by atoms with Crippen LogP contribution < -0.4 is 25.8 Å². The summed E-state index contributed by atoms with van der Waals surface area (Å²) in [6, 6.07) is 31.6. The van der Waals surface area contributed by atoms with E-state index in [1.54, 1.807) is 48.7 Å². The first-order chi connectivity index (χ1) is 31.4. The molecule has 2 aliphatic rings. The van der Waals surface area contributed by atoms with Crippen LogP contribution in [0.3, 0.4) is 0 Å². The number of benzene rings is 4. The molecule has 0 fully saturated rings. The number of aryl methyl sites for hydroxylation is 3. The summed E-state index contributed by atoms with van der Waals surface area (Å²) in [5.41, 5.74) is 12.5. The predicted molar refractivity (Wildman–Crippen MR) is 275 cm³/mol. The van der Waals surface area contributed by atoms with Crippen molar-refractivity contribution in [1.29, 1.82) is 0 Å². The molecule has 3 aromatic heterocycles. The number of amides is 1. The van der Waals surface area contributed by atoms with Gasteiger partial charge in [-0.1, -0.05) is 90.9 Å². The van der Waals surface area contributed by atoms with Gasteiger partial charge in [0.05, 0.1) is 27.3 Å². The minimum Gasteiger partial charge on any atom is -0.497 e. The number of ether oxygens (including phenoxy) is 2. The number of hydrogen-bond acceptors (Lipinski definition) is 14. The number of aromatic nitrogens is 3. The second-order valence-corrected chi connectivity index (χ2v) is 18.0. The van der Waals surface area contributed by atoms with Crippen LogP contribution in [-0.4, -0.2) is 62.7 Å². The van der Waals surface area contributed by atoms with E-state index in [9.17, 15) is 4.79 Å². The molecule has 1 amide bonds. The quantitative estimate of drug-likeness (QED) is 0.0862. The number of hydrazone groups is 2. The number of thiophene rings is 2. The second-order valence-electron chi connectivity index (χ2n) is 14.6. The number of fused-ring (bicyclic) bond motifs is 4. The number of amidine groups is 1. The summed E-state index contributed by atoms with van der Waals surface area (Å²) in [6.45, 7) is 8.70. The van der Waals surface area contributed by atoms with E-state index in [4.69, 9.17) is 47.9 Å². The summed E-state index contributed by atoms with van der Waals surface area (Å²) >= 11 is 17.2. The number of nitrogens with two attached hydrogens (primary N) is 1. The summed E-state index contributed by atoms with van der Waals surface area (Å²) in [5, 5.41) is 31.5. The average Bonchev–Trinajstić information content (AvgIpc) is 3.95. The lowest BCUT2D eigenvalue weighted by Gasteiger charge is -2.20. The molecule has 7 aromatic rings. The van der Waals surface area contributed by atoms with Crippen LogP contribution in [0.25, 0.3) is 5.00 Å². The van der Waals surface area contributed by atoms with Crippen LogP contribution in [0.5, 0.6) is 11.5 Å². The van der Waals surface area contributed by atoms with Crippen LogP contribution in [0, 0.1) is 20.8 Å². The van der Waals surface area contributed by atoms with Crippen molar-refractivity contribution in [3.8, 4) is 16.5 Å². The lowest BCUT2D eigenvalue weighted by atomic mass is 10.0. The van der Waals surface area contributed by atoms with Gasteiger partial charge >= 0.3 is 0 Å². The van der Waals surface area contributed by atoms with Gasteiger partial charge in [-0.15, -0.1) is 32.9 Å². The molecule has 0 saturated heterocycles. The van der Waals surface area contributed by atoms with Gasteiger partial charge in [-0.2, -0.15) is 10.2 Å². The first-order valence-corrected chi connectivity index (χ1v) is 23.8. The molecule has 0 aliphatic carbocycles. The van der Waals surface area contributed by atoms with Crippen molar-refractivity contribution in [3.05, 3.63) is 168 Å². The van der Waals surface area contributed by atoms with Gasteiger partial charge in [-0.25, -0.2) is 20.9 Å². The highest BCUT2D eigenvalue weighted by atomic mass is 35.5. The number of thioether (sulfide) groups is 1. The molecular formula is C48H50Cl2N10O3S3. The van der Waals surface area contributed by atoms with Gasteiger partial charge in [0.15, 0.2) is 5.17 Å². The molecular weight excluding hydrogens is 932 g/mol. The Balaban J connectivity index is 0.000000196. The number of hydrazine groups is 1. The van der Waals surface area contributed by atoms with E-state index in [2.05, 4.69) is 57.3 Å². The van der Waals surface area contributed by atoms with E-state index < -0.39 is 0 Å². The van der Waals surface area contributed by atoms with Crippen LogP contribution in [-0.2, 0) is 17.9 Å². The largest absolute Gasteiger partial charge is 0.497 e. The molecule has 66 heavy (non-hydrogen) atoms. The zero-order chi connectivity index (χ0) is 46.2. The third kappa shape index (κ3) is 11.3. The Morgan fingerprint density at radius 1 is 0.712 bits per heavy atom. The minimum atomic E-state index is -0.218. The average molecular weight is 982 g/mol. The summed E-state index contributed by atoms with van der Waals surface area (Å²) in [5.74, 6) is 7.53. The Morgan fingerprint density at radius 3 is 1.68 bits per heavy atom. The van der Waals surface area contributed by atoms with Crippen LogP contribution >= 0.6 is 57.6 Å². The van der Waals surface area contributed by atoms with Gasteiger partial charge in [0, 0.05) is 39.2 Å². The van der Waals surface area contributed by atoms with Crippen LogP contribution in [0.1, 0.15) is 64.7 Å². The van der Waals surface area contributed by atoms with E-state index in [0.29, 0.717) is 29.1 Å². The fraction of sp³-hybridized carbons (Fsp3) is 0.208. The molecule has 0 atom stereocenters. The molecule has 0 bridgehead atoms. The summed E-state index contributed by atoms with van der Waals surface area (Å²) in [6.07, 6.45) is 2.03. The SMILES string of the molecule is C.CC(=O)NN.COc1ccc(CN2N=C(c3ccc(Cl)cc3)c3c(C)csc3-n3c(C)nnc32)cc1.COc1ccc(CN2N=C(c3ccc(Cl)cc3)c3c(C)csc3N=C2SC)cc1. The summed E-state index contributed by atoms with van der Waals surface area (Å²) < 4.78 is 12.7. The molecule has 9 rings (SSSR count). The first-order valence-electron chi connectivity index (χ1n) is 20.1. The molecule has 18 heteroatoms. The fourth-order valence-corrected chi connectivity index (χ4v) is 9.63. The molecule has 0 unspecified atom stereocenters. The Labute approximate surface area is 407 Å². The minimum absolute atomic E-state index is 0. The van der Waals surface area contributed by atoms with Gasteiger partial charge in [-0.05, 0) is 109 Å². The van der Waals surface area contributed by atoms with Crippen LogP contribution in [0.4, 0.5) is 10.9 Å². The highest BCUT2D eigenvalue weighted by Crippen LogP contribution is 2.38. The van der Waals surface area contributed by atoms with E-state index in [-0.39, 0.29) is 13.3 Å². The van der Waals surface area contributed by atoms with Crippen molar-refractivity contribution in [3.63, 3.8) is 0 Å². The summed E-state index contributed by atoms with van der Waals surface area (Å²) in [7, 11) is 3.34. The Kier molecular flexibility index (Phi) is 16.8. The van der Waals surface area contributed by atoms with Crippen LogP contribution in [0.15, 0.2) is 123 Å². The number of anilines is 1. The Bertz CT molecular complexity index is 2860. The maximum atomic E-state index is 9.58. The fourth-order valence-electron chi connectivity index (χ4n) is 6.80. The highest BCUT2D eigenvalue weighted by molar-refractivity contribution is 8.13. The van der Waals surface area contributed by atoms with Crippen molar-refractivity contribution in [2.75, 3.05) is 25.5 Å². The zero-order valence-corrected chi connectivity index (χ0v) is 40.6. The molecule has 5 heterocycles. The smallest absolute Gasteiger partial charge is 0.253 e. The van der Waals surface area contributed by atoms with Gasteiger partial charge < -0.3 is 9.47 Å². The molecule has 342 valence electrons. The van der Waals surface area contributed by atoms with Crippen molar-refractivity contribution in [2.45, 2.75) is 48.2 Å². The van der Waals surface area contributed by atoms with E-state index in [0.717, 1.165) is 77.3 Å². The number of rotatable bonds is 8. The number of nitrogens with zero attached hydrogens (tertiary/aromatic N) is 8. The third-order valence-electron chi connectivity index (χ3n) is 10.1. The van der Waals surface area contributed by atoms with E-state index in [1.165, 1.54) is 18.1 Å². The number of hydrogen-bond donors (Lipinski definition) is 2. The maximum absolute atomic E-state index is 9.58. The van der Waals surface area contributed by atoms with Crippen LogP contribution in [0.2, 0.25) is 10.0 Å². The van der Waals surface area contributed by atoms with Crippen molar-refractivity contribution in [2.24, 2.45) is 21.0 Å². The van der Waals surface area contributed by atoms with Crippen molar-refractivity contribution >= 4 is 91.1 Å². The van der Waals surface area contributed by atoms with Gasteiger partial charge in [-0.3, -0.25) is 14.8 Å². The van der Waals surface area contributed by atoms with E-state index >= 15 is 0 Å². The number of carbonyl (C=O) groups excluding carboxylic acids is 1. The molecule has 13 nitrogen and oxygen atoms in total. The van der Waals surface area contributed by atoms with Crippen molar-refractivity contribution in [1.82, 2.24) is 25.2 Å². The number of methoxy groups -OCH3 is 2. The highest BCUT2D eigenvalue weighted by Gasteiger charge is 2.29. The molecule has 4 aromatic carbocycles. The summed E-state index contributed by atoms with van der Waals surface area (Å²) in [4.78, 5) is 14.5. The maximum Gasteiger partial charge on any atom is 0.253 e. The standard InChI is InChI=1S/C23H20ClN5OS.C22H20ClN3OS2.C2H6N2O.CH4/c1-14-13-31-22-20(14)21(17-6-8-18(24)9-7-17)27-28(23-26-25-15(2)29(22)23)12-16-4-10-19(30-3)11-5-16;1-14-13-29-21-19(14)20(16-6-8-17(23)9-7-16)25-26(22(24-21)28-3)12-15-4-10-18(27-2)11-5-15;1-2(5)4-3;/h4-11,13H,12H2,1-3H3;4-11,13H,12H2,1-3H3;3H2,1H3,(H,4,5);1H4. The normalized spacial score (nSPS) is 12.4. The Morgan fingerprint density at radius 2 is 1.18 bits per heavy atom.